The first kappa shape index (κ1) is 11.3. The van der Waals surface area contributed by atoms with Crippen LogP contribution in [0.25, 0.3) is 0 Å². The Morgan fingerprint density at radius 3 is 2.12 bits per heavy atom. The van der Waals surface area contributed by atoms with Crippen molar-refractivity contribution in [3.63, 3.8) is 0 Å². The zero-order valence-electron chi connectivity index (χ0n) is 5.43. The maximum atomic E-state index is 5.27. The van der Waals surface area contributed by atoms with Crippen LogP contribution in [0.5, 0.6) is 0 Å². The third-order valence-electron chi connectivity index (χ3n) is 1.06. The van der Waals surface area contributed by atoms with Gasteiger partial charge in [-0.2, -0.15) is 0 Å². The fourth-order valence-corrected chi connectivity index (χ4v) is 0.571. The largest absolute Gasteiger partial charge is 2.00 e. The maximum absolute atomic E-state index is 5.27. The Morgan fingerprint density at radius 1 is 1.12 bits per heavy atom. The smallest absolute Gasteiger partial charge is 0.330 e. The van der Waals surface area contributed by atoms with Gasteiger partial charge in [-0.05, 0) is 13.0 Å². The number of hydrogen-bond acceptors (Lipinski definition) is 1. The summed E-state index contributed by atoms with van der Waals surface area (Å²) in [6.07, 6.45) is 5.16. The van der Waals surface area contributed by atoms with Gasteiger partial charge >= 0.3 is 16.5 Å². The van der Waals surface area contributed by atoms with Crippen LogP contribution in [0.1, 0.15) is 32.6 Å². The van der Waals surface area contributed by atoms with Crippen LogP contribution in [0, 0.1) is 0 Å². The van der Waals surface area contributed by atoms with Crippen molar-refractivity contribution in [1.29, 1.82) is 0 Å². The summed E-state index contributed by atoms with van der Waals surface area (Å²) in [5.74, 6) is 0. The zero-order chi connectivity index (χ0) is 5.54. The molecule has 0 spiro atoms. The number of nitrogens with two attached hydrogens (primary N) is 1. The Morgan fingerprint density at radius 2 is 1.75 bits per heavy atom. The Bertz CT molecular complexity index is 27.7. The predicted molar refractivity (Wildman–Crippen MR) is 33.2 cm³/mol. The van der Waals surface area contributed by atoms with Gasteiger partial charge in [0, 0.05) is 0 Å². The van der Waals surface area contributed by atoms with Crippen molar-refractivity contribution < 1.29 is 16.5 Å². The van der Waals surface area contributed by atoms with Crippen LogP contribution in [0.2, 0.25) is 0 Å². The quantitative estimate of drug-likeness (QED) is 0.489. The van der Waals surface area contributed by atoms with Gasteiger partial charge in [0.2, 0.25) is 0 Å². The minimum absolute atomic E-state index is 0. The molecule has 8 heavy (non-hydrogen) atoms. The normalized spacial score (nSPS) is 8.25. The second-order valence-corrected chi connectivity index (χ2v) is 1.85. The molecule has 2 N–H and O–H groups in total. The van der Waals surface area contributed by atoms with Gasteiger partial charge in [-0.25, -0.2) is 0 Å². The van der Waals surface area contributed by atoms with E-state index in [0.29, 0.717) is 0 Å². The van der Waals surface area contributed by atoms with E-state index in [9.17, 15) is 0 Å². The molecule has 0 atom stereocenters. The van der Waals surface area contributed by atoms with Crippen molar-refractivity contribution in [2.24, 2.45) is 5.73 Å². The average Bonchev–Trinajstić information content (AvgIpc) is 1.69. The molecule has 0 aromatic heterocycles. The van der Waals surface area contributed by atoms with E-state index in [-0.39, 0.29) is 16.5 Å². The molecule has 0 amide bonds. The minimum Gasteiger partial charge on any atom is -0.330 e. The zero-order valence-corrected chi connectivity index (χ0v) is 6.42. The van der Waals surface area contributed by atoms with E-state index in [4.69, 9.17) is 5.73 Å². The van der Waals surface area contributed by atoms with E-state index in [1.54, 1.807) is 0 Å². The van der Waals surface area contributed by atoms with E-state index >= 15 is 0 Å². The van der Waals surface area contributed by atoms with Gasteiger partial charge in [0.1, 0.15) is 0 Å². The molecule has 1 nitrogen and oxygen atoms in total. The summed E-state index contributed by atoms with van der Waals surface area (Å²) < 4.78 is 0. The molecule has 0 aliphatic heterocycles. The molecule has 0 fully saturated rings. The molecule has 0 aliphatic carbocycles. The van der Waals surface area contributed by atoms with Gasteiger partial charge in [-0.15, -0.1) is 0 Å². The standard InChI is InChI=1S/C6H15N.Ni/c1-2-3-4-5-6-7;/h2-7H2,1H3;/q;+2. The van der Waals surface area contributed by atoms with Crippen molar-refractivity contribution in [3.05, 3.63) is 0 Å². The molecule has 0 rings (SSSR count). The van der Waals surface area contributed by atoms with E-state index in [1.165, 1.54) is 25.7 Å². The fraction of sp³-hybridized carbons (Fsp3) is 1.00. The summed E-state index contributed by atoms with van der Waals surface area (Å²) in [5, 5.41) is 0. The maximum Gasteiger partial charge on any atom is 2.00 e. The number of unbranched alkanes of at least 4 members (excludes halogenated alkanes) is 3. The topological polar surface area (TPSA) is 26.0 Å². The van der Waals surface area contributed by atoms with Crippen LogP contribution in [0.15, 0.2) is 0 Å². The van der Waals surface area contributed by atoms with Crippen LogP contribution in [0.4, 0.5) is 0 Å². The molecular formula is C6H15NNi+2. The van der Waals surface area contributed by atoms with Crippen LogP contribution < -0.4 is 5.73 Å². The predicted octanol–water partition coefficient (Wildman–Crippen LogP) is 1.52. The van der Waals surface area contributed by atoms with Crippen LogP contribution in [-0.2, 0) is 16.5 Å². The van der Waals surface area contributed by atoms with E-state index in [1.807, 2.05) is 0 Å². The van der Waals surface area contributed by atoms with Crippen molar-refractivity contribution in [2.75, 3.05) is 6.54 Å². The Labute approximate surface area is 62.0 Å². The summed E-state index contributed by atoms with van der Waals surface area (Å²) in [6.45, 7) is 3.07. The summed E-state index contributed by atoms with van der Waals surface area (Å²) in [5.41, 5.74) is 5.27. The van der Waals surface area contributed by atoms with Crippen LogP contribution in [-0.4, -0.2) is 6.54 Å². The second-order valence-electron chi connectivity index (χ2n) is 1.85. The average molecular weight is 160 g/mol. The number of rotatable bonds is 4. The molecule has 0 saturated carbocycles. The van der Waals surface area contributed by atoms with Crippen molar-refractivity contribution in [1.82, 2.24) is 0 Å². The molecule has 2 heteroatoms. The van der Waals surface area contributed by atoms with Gasteiger partial charge in [-0.1, -0.05) is 26.2 Å². The summed E-state index contributed by atoms with van der Waals surface area (Å²) >= 11 is 0. The van der Waals surface area contributed by atoms with Crippen LogP contribution >= 0.6 is 0 Å². The molecule has 0 bridgehead atoms. The van der Waals surface area contributed by atoms with Crippen LogP contribution in [0.3, 0.4) is 0 Å². The van der Waals surface area contributed by atoms with Gasteiger partial charge < -0.3 is 5.73 Å². The molecule has 0 saturated heterocycles. The molecule has 0 aromatic carbocycles. The first-order chi connectivity index (χ1) is 3.41. The summed E-state index contributed by atoms with van der Waals surface area (Å²) in [6, 6.07) is 0. The Kier molecular flexibility index (Phi) is 14.7. The third-order valence-corrected chi connectivity index (χ3v) is 1.06. The van der Waals surface area contributed by atoms with Crippen molar-refractivity contribution in [3.8, 4) is 0 Å². The Hall–Kier alpha value is 0.454. The van der Waals surface area contributed by atoms with E-state index in [0.717, 1.165) is 6.54 Å². The van der Waals surface area contributed by atoms with Gasteiger partial charge in [0.05, 0.1) is 0 Å². The first-order valence-electron chi connectivity index (χ1n) is 3.12. The molecule has 0 unspecified atom stereocenters. The SMILES string of the molecule is CCCCCCN.[Ni+2]. The molecule has 0 heterocycles. The minimum atomic E-state index is 0. The van der Waals surface area contributed by atoms with Gasteiger partial charge in [0.25, 0.3) is 0 Å². The van der Waals surface area contributed by atoms with Crippen molar-refractivity contribution >= 4 is 0 Å². The molecule has 52 valence electrons. The molecule has 0 aliphatic rings. The van der Waals surface area contributed by atoms with E-state index in [2.05, 4.69) is 6.92 Å². The summed E-state index contributed by atoms with van der Waals surface area (Å²) in [7, 11) is 0. The Balaban J connectivity index is 0. The first-order valence-corrected chi connectivity index (χ1v) is 3.12. The third kappa shape index (κ3) is 9.68. The van der Waals surface area contributed by atoms with Gasteiger partial charge in [0.15, 0.2) is 0 Å². The monoisotopic (exact) mass is 159 g/mol. The second kappa shape index (κ2) is 10.4. The fourth-order valence-electron chi connectivity index (χ4n) is 0.571. The van der Waals surface area contributed by atoms with E-state index < -0.39 is 0 Å². The molecular weight excluding hydrogens is 145 g/mol. The van der Waals surface area contributed by atoms with Crippen molar-refractivity contribution in [2.45, 2.75) is 32.6 Å². The number of hydrogen-bond donors (Lipinski definition) is 1. The molecule has 0 radical (unpaired) electrons. The summed E-state index contributed by atoms with van der Waals surface area (Å²) in [4.78, 5) is 0. The molecule has 0 aromatic rings. The van der Waals surface area contributed by atoms with Gasteiger partial charge in [-0.3, -0.25) is 0 Å².